The Balaban J connectivity index is 1.21. The number of hydrogen-bond acceptors (Lipinski definition) is 9. The molecule has 2 aliphatic heterocycles. The second-order valence-electron chi connectivity index (χ2n) is 10.9. The van der Waals surface area contributed by atoms with Crippen LogP contribution in [0.25, 0.3) is 16.6 Å². The molecule has 7 rings (SSSR count). The number of aliphatic hydroxyl groups is 1. The largest absolute Gasteiger partial charge is 0.489 e. The zero-order valence-corrected chi connectivity index (χ0v) is 21.7. The first-order chi connectivity index (χ1) is 18.3. The van der Waals surface area contributed by atoms with Crippen LogP contribution >= 0.6 is 0 Å². The molecule has 2 bridgehead atoms. The third kappa shape index (κ3) is 4.61. The number of hydrogen-bond donors (Lipinski definition) is 2. The van der Waals surface area contributed by atoms with Gasteiger partial charge < -0.3 is 20.1 Å². The summed E-state index contributed by atoms with van der Waals surface area (Å²) in [5.41, 5.74) is 1.87. The van der Waals surface area contributed by atoms with Crippen LogP contribution in [0.5, 0.6) is 5.75 Å². The number of nitriles is 1. The lowest BCUT2D eigenvalue weighted by Gasteiger charge is -2.54. The van der Waals surface area contributed by atoms with Gasteiger partial charge in [0.25, 0.3) is 0 Å². The number of nitrogens with one attached hydrogen (secondary N) is 1. The fourth-order valence-corrected chi connectivity index (χ4v) is 5.49. The zero-order chi connectivity index (χ0) is 26.4. The summed E-state index contributed by atoms with van der Waals surface area (Å²) in [7, 11) is 0. The second-order valence-corrected chi connectivity index (χ2v) is 10.9. The predicted octanol–water partition coefficient (Wildman–Crippen LogP) is 3.45. The Morgan fingerprint density at radius 2 is 2.00 bits per heavy atom. The van der Waals surface area contributed by atoms with Gasteiger partial charge >= 0.3 is 0 Å². The van der Waals surface area contributed by atoms with Gasteiger partial charge in [0.05, 0.1) is 29.1 Å². The average Bonchev–Trinajstić information content (AvgIpc) is 3.33. The normalized spacial score (nSPS) is 20.6. The number of pyridine rings is 2. The monoisotopic (exact) mass is 510 g/mol. The number of aryl methyl sites for hydroxylation is 1. The van der Waals surface area contributed by atoms with E-state index in [0.29, 0.717) is 34.7 Å². The van der Waals surface area contributed by atoms with E-state index in [1.54, 1.807) is 37.0 Å². The molecule has 0 amide bonds. The van der Waals surface area contributed by atoms with E-state index >= 15 is 0 Å². The Morgan fingerprint density at radius 3 is 2.68 bits per heavy atom. The van der Waals surface area contributed by atoms with Crippen LogP contribution in [0.4, 0.5) is 11.6 Å². The summed E-state index contributed by atoms with van der Waals surface area (Å²) >= 11 is 0. The first kappa shape index (κ1) is 24.1. The molecule has 0 aromatic carbocycles. The summed E-state index contributed by atoms with van der Waals surface area (Å²) in [6.45, 7) is 7.30. The van der Waals surface area contributed by atoms with Crippen LogP contribution in [0.2, 0.25) is 0 Å². The lowest BCUT2D eigenvalue weighted by molar-refractivity contribution is 0.0283. The Bertz CT molecular complexity index is 1510. The molecule has 2 N–H and O–H groups in total. The first-order valence-corrected chi connectivity index (χ1v) is 12.8. The van der Waals surface area contributed by atoms with Gasteiger partial charge in [0, 0.05) is 42.7 Å². The molecule has 194 valence electrons. The van der Waals surface area contributed by atoms with Crippen molar-refractivity contribution in [1.29, 1.82) is 5.26 Å². The minimum atomic E-state index is -0.975. The summed E-state index contributed by atoms with van der Waals surface area (Å²) in [5.74, 6) is 4.25. The standard InChI is InChI=1S/C28H30N8O2/c1-17-30-7-6-24(33-17)34-26-19-8-20(26)14-35(13-19)25-5-4-18(11-31-25)23-9-22(38-16-28(2,3)37)15-36-27(23)21(10-29)12-32-36/h4-7,9,11-12,15,19-20,26,37H,8,13-14,16H2,1-3H3,(H,30,33,34)/t19-,20+,26?. The van der Waals surface area contributed by atoms with Gasteiger partial charge in [-0.3, -0.25) is 0 Å². The summed E-state index contributed by atoms with van der Waals surface area (Å²) in [6.07, 6.45) is 8.12. The van der Waals surface area contributed by atoms with E-state index in [2.05, 4.69) is 31.4 Å². The molecule has 4 aromatic heterocycles. The van der Waals surface area contributed by atoms with Crippen LogP contribution in [-0.4, -0.2) is 61.0 Å². The second kappa shape index (κ2) is 9.26. The van der Waals surface area contributed by atoms with Gasteiger partial charge in [-0.1, -0.05) is 0 Å². The van der Waals surface area contributed by atoms with Gasteiger partial charge in [-0.25, -0.2) is 19.5 Å². The van der Waals surface area contributed by atoms with E-state index in [4.69, 9.17) is 9.72 Å². The maximum absolute atomic E-state index is 10.1. The minimum Gasteiger partial charge on any atom is -0.489 e. The van der Waals surface area contributed by atoms with E-state index < -0.39 is 5.60 Å². The molecule has 1 saturated carbocycles. The van der Waals surface area contributed by atoms with Crippen molar-refractivity contribution >= 4 is 17.2 Å². The van der Waals surface area contributed by atoms with E-state index in [0.717, 1.165) is 41.7 Å². The minimum absolute atomic E-state index is 0.130. The lowest BCUT2D eigenvalue weighted by Crippen LogP contribution is -2.61. The molecular weight excluding hydrogens is 480 g/mol. The van der Waals surface area contributed by atoms with Crippen molar-refractivity contribution in [3.8, 4) is 22.9 Å². The quantitative estimate of drug-likeness (QED) is 0.385. The Kier molecular flexibility index (Phi) is 5.88. The van der Waals surface area contributed by atoms with Crippen molar-refractivity contribution < 1.29 is 9.84 Å². The number of ether oxygens (including phenoxy) is 1. The lowest BCUT2D eigenvalue weighted by atomic mass is 9.66. The van der Waals surface area contributed by atoms with Crippen molar-refractivity contribution in [2.24, 2.45) is 11.8 Å². The SMILES string of the molecule is Cc1nccc(NC2[C@@H]3C[C@H]2CN(c2ccc(-c4cc(OCC(C)(C)O)cn5ncc(C#N)c45)cn2)C3)n1. The zero-order valence-electron chi connectivity index (χ0n) is 21.7. The highest BCUT2D eigenvalue weighted by atomic mass is 16.5. The number of nitrogens with zero attached hydrogens (tertiary/aromatic N) is 7. The molecule has 10 heteroatoms. The molecule has 0 radical (unpaired) electrons. The fourth-order valence-electron chi connectivity index (χ4n) is 5.49. The van der Waals surface area contributed by atoms with Crippen molar-refractivity contribution in [2.45, 2.75) is 38.8 Å². The van der Waals surface area contributed by atoms with E-state index in [1.807, 2.05) is 37.4 Å². The van der Waals surface area contributed by atoms with Crippen molar-refractivity contribution in [3.05, 3.63) is 60.4 Å². The molecule has 0 spiro atoms. The summed E-state index contributed by atoms with van der Waals surface area (Å²) < 4.78 is 7.49. The smallest absolute Gasteiger partial charge is 0.138 e. The van der Waals surface area contributed by atoms with Crippen LogP contribution in [-0.2, 0) is 0 Å². The third-order valence-electron chi connectivity index (χ3n) is 7.30. The molecule has 3 fully saturated rings. The Morgan fingerprint density at radius 1 is 1.18 bits per heavy atom. The molecule has 3 aliphatic rings. The van der Waals surface area contributed by atoms with Crippen LogP contribution in [0.3, 0.4) is 0 Å². The maximum atomic E-state index is 10.1. The summed E-state index contributed by atoms with van der Waals surface area (Å²) in [5, 5.41) is 27.7. The molecule has 10 nitrogen and oxygen atoms in total. The van der Waals surface area contributed by atoms with Crippen molar-refractivity contribution in [3.63, 3.8) is 0 Å². The molecule has 1 aliphatic carbocycles. The highest BCUT2D eigenvalue weighted by Gasteiger charge is 2.47. The van der Waals surface area contributed by atoms with Gasteiger partial charge in [0.15, 0.2) is 0 Å². The van der Waals surface area contributed by atoms with Gasteiger partial charge in [-0.2, -0.15) is 10.4 Å². The Hall–Kier alpha value is -4.23. The average molecular weight is 511 g/mol. The van der Waals surface area contributed by atoms with E-state index in [9.17, 15) is 10.4 Å². The molecule has 6 heterocycles. The molecule has 2 saturated heterocycles. The predicted molar refractivity (Wildman–Crippen MR) is 143 cm³/mol. The number of aromatic nitrogens is 5. The topological polar surface area (TPSA) is 124 Å². The molecule has 3 atom stereocenters. The van der Waals surface area contributed by atoms with E-state index in [1.165, 1.54) is 6.42 Å². The van der Waals surface area contributed by atoms with Crippen LogP contribution in [0.15, 0.2) is 49.1 Å². The molecule has 38 heavy (non-hydrogen) atoms. The highest BCUT2D eigenvalue weighted by Crippen LogP contribution is 2.43. The third-order valence-corrected chi connectivity index (χ3v) is 7.30. The number of piperidine rings is 2. The fraction of sp³-hybridized carbons (Fsp3) is 0.393. The van der Waals surface area contributed by atoms with Crippen molar-refractivity contribution in [2.75, 3.05) is 29.9 Å². The van der Waals surface area contributed by atoms with Crippen LogP contribution < -0.4 is 15.0 Å². The Labute approximate surface area is 220 Å². The van der Waals surface area contributed by atoms with Gasteiger partial charge in [0.2, 0.25) is 0 Å². The van der Waals surface area contributed by atoms with E-state index in [-0.39, 0.29) is 6.61 Å². The summed E-state index contributed by atoms with van der Waals surface area (Å²) in [6, 6.07) is 10.5. The molecular formula is C28H30N8O2. The number of fused-ring (bicyclic) bond motifs is 3. The molecule has 4 aromatic rings. The van der Waals surface area contributed by atoms with Gasteiger partial charge in [-0.05, 0) is 63.3 Å². The van der Waals surface area contributed by atoms with Gasteiger partial charge in [0.1, 0.15) is 35.9 Å². The maximum Gasteiger partial charge on any atom is 0.138 e. The van der Waals surface area contributed by atoms with Crippen LogP contribution in [0, 0.1) is 30.1 Å². The van der Waals surface area contributed by atoms with Crippen LogP contribution in [0.1, 0.15) is 31.7 Å². The van der Waals surface area contributed by atoms with Crippen molar-refractivity contribution in [1.82, 2.24) is 24.6 Å². The summed E-state index contributed by atoms with van der Waals surface area (Å²) in [4.78, 5) is 15.8. The highest BCUT2D eigenvalue weighted by molar-refractivity contribution is 5.85. The van der Waals surface area contributed by atoms with Gasteiger partial charge in [-0.15, -0.1) is 0 Å². The number of rotatable bonds is 7. The first-order valence-electron chi connectivity index (χ1n) is 12.8. The number of anilines is 2. The molecule has 1 unspecified atom stereocenters.